The molecular weight excluding hydrogens is 236 g/mol. The van der Waals surface area contributed by atoms with Gasteiger partial charge in [0.15, 0.2) is 0 Å². The lowest BCUT2D eigenvalue weighted by Gasteiger charge is -2.36. The molecule has 1 N–H and O–H groups in total. The summed E-state index contributed by atoms with van der Waals surface area (Å²) in [6.45, 7) is 0. The van der Waals surface area contributed by atoms with Gasteiger partial charge in [0, 0.05) is 12.1 Å². The third-order valence-corrected chi connectivity index (χ3v) is 3.85. The maximum Gasteiger partial charge on any atom is 0.270 e. The van der Waals surface area contributed by atoms with Gasteiger partial charge in [0.2, 0.25) is 0 Å². The standard InChI is InChI=1S/C13H17ClN2O/c14-10-13(7-3-1-4-8-13)16-12(17)11-6-2-5-9-15-11/h2,5-6,9H,1,3-4,7-8,10H2,(H,16,17). The van der Waals surface area contributed by atoms with Crippen LogP contribution in [0.1, 0.15) is 42.6 Å². The zero-order valence-electron chi connectivity index (χ0n) is 9.79. The molecule has 1 aromatic rings. The number of pyridine rings is 1. The van der Waals surface area contributed by atoms with Crippen molar-refractivity contribution in [3.63, 3.8) is 0 Å². The number of hydrogen-bond donors (Lipinski definition) is 1. The molecule has 1 amide bonds. The number of nitrogens with zero attached hydrogens (tertiary/aromatic N) is 1. The largest absolute Gasteiger partial charge is 0.344 e. The third-order valence-electron chi connectivity index (χ3n) is 3.34. The van der Waals surface area contributed by atoms with Crippen LogP contribution in [0.2, 0.25) is 0 Å². The van der Waals surface area contributed by atoms with Crippen LogP contribution in [0, 0.1) is 0 Å². The molecule has 0 radical (unpaired) electrons. The van der Waals surface area contributed by atoms with Gasteiger partial charge in [0.1, 0.15) is 5.69 Å². The minimum Gasteiger partial charge on any atom is -0.344 e. The Morgan fingerprint density at radius 2 is 2.12 bits per heavy atom. The van der Waals surface area contributed by atoms with Gasteiger partial charge in [-0.15, -0.1) is 11.6 Å². The summed E-state index contributed by atoms with van der Waals surface area (Å²) in [6, 6.07) is 5.34. The lowest BCUT2D eigenvalue weighted by atomic mass is 9.83. The molecule has 0 unspecified atom stereocenters. The molecule has 0 aromatic carbocycles. The number of amides is 1. The predicted molar refractivity (Wildman–Crippen MR) is 68.2 cm³/mol. The molecule has 0 aliphatic heterocycles. The van der Waals surface area contributed by atoms with Gasteiger partial charge in [-0.1, -0.05) is 25.3 Å². The molecule has 1 aromatic heterocycles. The average Bonchev–Trinajstić information content (AvgIpc) is 2.41. The fraction of sp³-hybridized carbons (Fsp3) is 0.538. The average molecular weight is 253 g/mol. The fourth-order valence-corrected chi connectivity index (χ4v) is 2.66. The van der Waals surface area contributed by atoms with E-state index in [9.17, 15) is 4.79 Å². The summed E-state index contributed by atoms with van der Waals surface area (Å²) in [7, 11) is 0. The van der Waals surface area contributed by atoms with Gasteiger partial charge in [0.25, 0.3) is 5.91 Å². The quantitative estimate of drug-likeness (QED) is 0.841. The second kappa shape index (κ2) is 5.50. The third kappa shape index (κ3) is 2.97. The summed E-state index contributed by atoms with van der Waals surface area (Å²) in [4.78, 5) is 16.1. The molecule has 3 nitrogen and oxygen atoms in total. The van der Waals surface area contributed by atoms with E-state index >= 15 is 0 Å². The van der Waals surface area contributed by atoms with E-state index in [4.69, 9.17) is 11.6 Å². The molecule has 2 rings (SSSR count). The smallest absolute Gasteiger partial charge is 0.270 e. The lowest BCUT2D eigenvalue weighted by Crippen LogP contribution is -2.51. The monoisotopic (exact) mass is 252 g/mol. The van der Waals surface area contributed by atoms with Gasteiger partial charge in [-0.05, 0) is 25.0 Å². The molecule has 17 heavy (non-hydrogen) atoms. The molecule has 1 fully saturated rings. The van der Waals surface area contributed by atoms with E-state index in [1.165, 1.54) is 6.42 Å². The van der Waals surface area contributed by atoms with Gasteiger partial charge in [0.05, 0.1) is 5.54 Å². The summed E-state index contributed by atoms with van der Waals surface area (Å²) in [6.07, 6.45) is 7.07. The SMILES string of the molecule is O=C(NC1(CCl)CCCCC1)c1ccccn1. The van der Waals surface area contributed by atoms with Crippen LogP contribution < -0.4 is 5.32 Å². The molecule has 0 saturated heterocycles. The summed E-state index contributed by atoms with van der Waals surface area (Å²) < 4.78 is 0. The highest BCUT2D eigenvalue weighted by molar-refractivity contribution is 6.18. The summed E-state index contributed by atoms with van der Waals surface area (Å²) in [5.41, 5.74) is 0.233. The molecule has 1 saturated carbocycles. The van der Waals surface area contributed by atoms with Crippen LogP contribution in [0.5, 0.6) is 0 Å². The summed E-state index contributed by atoms with van der Waals surface area (Å²) in [5, 5.41) is 3.06. The number of aromatic nitrogens is 1. The minimum atomic E-state index is -0.228. The fourth-order valence-electron chi connectivity index (χ4n) is 2.32. The van der Waals surface area contributed by atoms with Gasteiger partial charge >= 0.3 is 0 Å². The van der Waals surface area contributed by atoms with Crippen molar-refractivity contribution in [1.82, 2.24) is 10.3 Å². The van der Waals surface area contributed by atoms with Crippen LogP contribution in [0.15, 0.2) is 24.4 Å². The normalized spacial score (nSPS) is 18.6. The molecule has 0 atom stereocenters. The first-order chi connectivity index (χ1) is 8.26. The number of rotatable bonds is 3. The van der Waals surface area contributed by atoms with Crippen LogP contribution in [0.25, 0.3) is 0 Å². The number of halogens is 1. The topological polar surface area (TPSA) is 42.0 Å². The molecule has 1 heterocycles. The van der Waals surface area contributed by atoms with Crippen molar-refractivity contribution >= 4 is 17.5 Å². The first kappa shape index (κ1) is 12.4. The van der Waals surface area contributed by atoms with Crippen LogP contribution in [0.3, 0.4) is 0 Å². The Bertz CT molecular complexity index is 374. The predicted octanol–water partition coefficient (Wildman–Crippen LogP) is 2.75. The van der Waals surface area contributed by atoms with Crippen LogP contribution >= 0.6 is 11.6 Å². The van der Waals surface area contributed by atoms with Crippen molar-refractivity contribution in [1.29, 1.82) is 0 Å². The van der Waals surface area contributed by atoms with E-state index in [0.717, 1.165) is 25.7 Å². The Morgan fingerprint density at radius 1 is 1.35 bits per heavy atom. The number of hydrogen-bond acceptors (Lipinski definition) is 2. The Balaban J connectivity index is 2.06. The van der Waals surface area contributed by atoms with Gasteiger partial charge in [-0.2, -0.15) is 0 Å². The van der Waals surface area contributed by atoms with Crippen molar-refractivity contribution in [2.45, 2.75) is 37.6 Å². The first-order valence-corrected chi connectivity index (χ1v) is 6.59. The highest BCUT2D eigenvalue weighted by Gasteiger charge is 2.33. The second-order valence-corrected chi connectivity index (χ2v) is 4.91. The maximum absolute atomic E-state index is 12.0. The van der Waals surface area contributed by atoms with Crippen molar-refractivity contribution in [2.24, 2.45) is 0 Å². The first-order valence-electron chi connectivity index (χ1n) is 6.05. The number of carbonyl (C=O) groups excluding carboxylic acids is 1. The Kier molecular flexibility index (Phi) is 4.00. The zero-order valence-corrected chi connectivity index (χ0v) is 10.5. The highest BCUT2D eigenvalue weighted by Crippen LogP contribution is 2.29. The molecule has 0 spiro atoms. The van der Waals surface area contributed by atoms with Crippen molar-refractivity contribution in [2.75, 3.05) is 5.88 Å². The molecule has 1 aliphatic rings. The van der Waals surface area contributed by atoms with E-state index in [1.807, 2.05) is 6.07 Å². The van der Waals surface area contributed by atoms with Crippen molar-refractivity contribution < 1.29 is 4.79 Å². The minimum absolute atomic E-state index is 0.117. The van der Waals surface area contributed by atoms with Gasteiger partial charge < -0.3 is 5.32 Å². The highest BCUT2D eigenvalue weighted by atomic mass is 35.5. The molecule has 1 aliphatic carbocycles. The van der Waals surface area contributed by atoms with Crippen LogP contribution in [-0.4, -0.2) is 22.3 Å². The molecule has 0 bridgehead atoms. The summed E-state index contributed by atoms with van der Waals surface area (Å²) >= 11 is 6.03. The van der Waals surface area contributed by atoms with E-state index < -0.39 is 0 Å². The van der Waals surface area contributed by atoms with E-state index in [0.29, 0.717) is 11.6 Å². The number of nitrogens with one attached hydrogen (secondary N) is 1. The van der Waals surface area contributed by atoms with Gasteiger partial charge in [-0.25, -0.2) is 0 Å². The zero-order chi connectivity index (χ0) is 12.1. The molecular formula is C13H17ClN2O. The van der Waals surface area contributed by atoms with Crippen LogP contribution in [0.4, 0.5) is 0 Å². The molecule has 4 heteroatoms. The summed E-state index contributed by atoms with van der Waals surface area (Å²) in [5.74, 6) is 0.360. The van der Waals surface area contributed by atoms with Crippen molar-refractivity contribution in [3.8, 4) is 0 Å². The second-order valence-electron chi connectivity index (χ2n) is 4.64. The van der Waals surface area contributed by atoms with Gasteiger partial charge in [-0.3, -0.25) is 9.78 Å². The molecule has 92 valence electrons. The Labute approximate surface area is 107 Å². The Morgan fingerprint density at radius 3 is 2.71 bits per heavy atom. The number of alkyl halides is 1. The van der Waals surface area contributed by atoms with E-state index in [2.05, 4.69) is 10.3 Å². The number of carbonyl (C=O) groups is 1. The van der Waals surface area contributed by atoms with Crippen LogP contribution in [-0.2, 0) is 0 Å². The maximum atomic E-state index is 12.0. The Hall–Kier alpha value is -1.09. The van der Waals surface area contributed by atoms with Crippen molar-refractivity contribution in [3.05, 3.63) is 30.1 Å². The lowest BCUT2D eigenvalue weighted by molar-refractivity contribution is 0.0879. The van der Waals surface area contributed by atoms with E-state index in [1.54, 1.807) is 18.3 Å². The van der Waals surface area contributed by atoms with E-state index in [-0.39, 0.29) is 11.4 Å².